The lowest BCUT2D eigenvalue weighted by Gasteiger charge is -2.26. The topological polar surface area (TPSA) is 65.1 Å². The summed E-state index contributed by atoms with van der Waals surface area (Å²) in [4.78, 5) is 30.3. The van der Waals surface area contributed by atoms with Gasteiger partial charge in [-0.3, -0.25) is 0 Å². The van der Waals surface area contributed by atoms with E-state index in [0.29, 0.717) is 5.69 Å². The molecule has 0 radical (unpaired) electrons. The van der Waals surface area contributed by atoms with E-state index in [0.717, 1.165) is 5.56 Å². The monoisotopic (exact) mass is 339 g/mol. The SMILES string of the molecule is COC(=O)C1=C(C(=O)OC)[C@H](c2ccccc2)N(c2ccccc2)O1. The molecular weight excluding hydrogens is 322 g/mol. The number of methoxy groups -OCH3 is 2. The Balaban J connectivity index is 2.16. The molecule has 25 heavy (non-hydrogen) atoms. The lowest BCUT2D eigenvalue weighted by molar-refractivity contribution is -0.141. The van der Waals surface area contributed by atoms with E-state index >= 15 is 0 Å². The predicted octanol–water partition coefficient (Wildman–Crippen LogP) is 2.78. The number of carbonyl (C=O) groups excluding carboxylic acids is 2. The summed E-state index contributed by atoms with van der Waals surface area (Å²) >= 11 is 0. The largest absolute Gasteiger partial charge is 0.465 e. The zero-order valence-electron chi connectivity index (χ0n) is 13.8. The number of hydroxylamine groups is 1. The standard InChI is InChI=1S/C19H17NO5/c1-23-18(21)15-16(13-9-5-3-6-10-13)20(14-11-7-4-8-12-14)25-17(15)19(22)24-2/h3-12,16H,1-2H3/t16-/m0/s1. The molecule has 0 fully saturated rings. The molecule has 2 aromatic rings. The molecule has 0 unspecified atom stereocenters. The minimum Gasteiger partial charge on any atom is -0.465 e. The molecule has 0 saturated heterocycles. The molecule has 0 saturated carbocycles. The van der Waals surface area contributed by atoms with Crippen LogP contribution in [0.3, 0.4) is 0 Å². The van der Waals surface area contributed by atoms with Crippen LogP contribution < -0.4 is 5.06 Å². The zero-order valence-corrected chi connectivity index (χ0v) is 13.8. The number of rotatable bonds is 4. The predicted molar refractivity (Wildman–Crippen MR) is 90.2 cm³/mol. The van der Waals surface area contributed by atoms with E-state index in [1.54, 1.807) is 0 Å². The van der Waals surface area contributed by atoms with E-state index in [4.69, 9.17) is 14.3 Å². The molecule has 2 aromatic carbocycles. The van der Waals surface area contributed by atoms with Gasteiger partial charge in [-0.15, -0.1) is 0 Å². The Morgan fingerprint density at radius 1 is 0.880 bits per heavy atom. The van der Waals surface area contributed by atoms with Gasteiger partial charge < -0.3 is 14.3 Å². The van der Waals surface area contributed by atoms with Crippen LogP contribution in [0.2, 0.25) is 0 Å². The van der Waals surface area contributed by atoms with Gasteiger partial charge in [-0.1, -0.05) is 48.5 Å². The lowest BCUT2D eigenvalue weighted by Crippen LogP contribution is -2.26. The highest BCUT2D eigenvalue weighted by molar-refractivity contribution is 6.01. The number of hydrogen-bond donors (Lipinski definition) is 0. The van der Waals surface area contributed by atoms with Crippen LogP contribution in [-0.4, -0.2) is 26.2 Å². The van der Waals surface area contributed by atoms with Crippen molar-refractivity contribution < 1.29 is 23.9 Å². The smallest absolute Gasteiger partial charge is 0.377 e. The molecule has 0 N–H and O–H groups in total. The minimum atomic E-state index is -0.736. The van der Waals surface area contributed by atoms with Crippen molar-refractivity contribution in [1.29, 1.82) is 0 Å². The van der Waals surface area contributed by atoms with Crippen LogP contribution in [0, 0.1) is 0 Å². The van der Waals surface area contributed by atoms with Gasteiger partial charge in [0.05, 0.1) is 19.9 Å². The fourth-order valence-electron chi connectivity index (χ4n) is 2.71. The molecule has 0 amide bonds. The maximum absolute atomic E-state index is 12.4. The first kappa shape index (κ1) is 16.6. The van der Waals surface area contributed by atoms with Crippen molar-refractivity contribution in [1.82, 2.24) is 0 Å². The van der Waals surface area contributed by atoms with Crippen molar-refractivity contribution in [3.8, 4) is 0 Å². The van der Waals surface area contributed by atoms with E-state index in [2.05, 4.69) is 0 Å². The average Bonchev–Trinajstić information content (AvgIpc) is 3.08. The number of anilines is 1. The van der Waals surface area contributed by atoms with Crippen molar-refractivity contribution in [3.63, 3.8) is 0 Å². The first-order valence-electron chi connectivity index (χ1n) is 7.65. The van der Waals surface area contributed by atoms with Crippen molar-refractivity contribution >= 4 is 17.6 Å². The molecule has 6 heteroatoms. The van der Waals surface area contributed by atoms with Gasteiger partial charge in [0.2, 0.25) is 0 Å². The molecule has 3 rings (SSSR count). The van der Waals surface area contributed by atoms with Crippen LogP contribution in [0.5, 0.6) is 0 Å². The number of benzene rings is 2. The molecule has 1 atom stereocenters. The first-order chi connectivity index (χ1) is 12.2. The molecule has 1 heterocycles. The molecule has 0 aliphatic carbocycles. The summed E-state index contributed by atoms with van der Waals surface area (Å²) in [7, 11) is 2.49. The van der Waals surface area contributed by atoms with Crippen molar-refractivity contribution in [2.75, 3.05) is 19.3 Å². The van der Waals surface area contributed by atoms with Gasteiger partial charge in [0.25, 0.3) is 5.76 Å². The van der Waals surface area contributed by atoms with Gasteiger partial charge >= 0.3 is 11.9 Å². The van der Waals surface area contributed by atoms with Crippen molar-refractivity contribution in [2.24, 2.45) is 0 Å². The number of ether oxygens (including phenoxy) is 2. The van der Waals surface area contributed by atoms with Gasteiger partial charge in [-0.2, -0.15) is 5.06 Å². The molecule has 128 valence electrons. The number of carbonyl (C=O) groups is 2. The Kier molecular flexibility index (Phi) is 4.70. The Morgan fingerprint density at radius 3 is 2.00 bits per heavy atom. The maximum Gasteiger partial charge on any atom is 0.377 e. The fraction of sp³-hybridized carbons (Fsp3) is 0.158. The third-order valence-corrected chi connectivity index (χ3v) is 3.84. The highest BCUT2D eigenvalue weighted by Crippen LogP contribution is 2.41. The van der Waals surface area contributed by atoms with E-state index in [1.165, 1.54) is 19.3 Å². The Bertz CT molecular complexity index is 801. The van der Waals surface area contributed by atoms with Crippen LogP contribution in [0.25, 0.3) is 0 Å². The number of nitrogens with zero attached hydrogens (tertiary/aromatic N) is 1. The molecule has 6 nitrogen and oxygen atoms in total. The summed E-state index contributed by atoms with van der Waals surface area (Å²) in [6, 6.07) is 17.8. The second-order valence-corrected chi connectivity index (χ2v) is 5.29. The third kappa shape index (κ3) is 3.06. The zero-order chi connectivity index (χ0) is 17.8. The molecule has 1 aliphatic heterocycles. The van der Waals surface area contributed by atoms with Gasteiger partial charge in [0, 0.05) is 0 Å². The van der Waals surface area contributed by atoms with Gasteiger partial charge in [-0.25, -0.2) is 9.59 Å². The Labute approximate surface area is 145 Å². The summed E-state index contributed by atoms with van der Waals surface area (Å²) in [5, 5.41) is 1.51. The summed E-state index contributed by atoms with van der Waals surface area (Å²) in [5.41, 5.74) is 1.58. The first-order valence-corrected chi connectivity index (χ1v) is 7.65. The molecule has 0 spiro atoms. The van der Waals surface area contributed by atoms with Crippen LogP contribution in [0.15, 0.2) is 72.0 Å². The van der Waals surface area contributed by atoms with Crippen LogP contribution in [0.1, 0.15) is 11.6 Å². The number of hydrogen-bond acceptors (Lipinski definition) is 6. The van der Waals surface area contributed by atoms with Gasteiger partial charge in [0.1, 0.15) is 11.6 Å². The molecule has 1 aliphatic rings. The normalized spacial score (nSPS) is 16.4. The van der Waals surface area contributed by atoms with E-state index in [-0.39, 0.29) is 11.3 Å². The van der Waals surface area contributed by atoms with Crippen molar-refractivity contribution in [3.05, 3.63) is 77.6 Å². The van der Waals surface area contributed by atoms with Crippen LogP contribution >= 0.6 is 0 Å². The summed E-state index contributed by atoms with van der Waals surface area (Å²) in [6.45, 7) is 0. The van der Waals surface area contributed by atoms with E-state index < -0.39 is 18.0 Å². The second-order valence-electron chi connectivity index (χ2n) is 5.29. The molecule has 0 bridgehead atoms. The quantitative estimate of drug-likeness (QED) is 0.798. The minimum absolute atomic E-state index is 0.101. The number of para-hydroxylation sites is 1. The van der Waals surface area contributed by atoms with Gasteiger partial charge in [-0.05, 0) is 17.7 Å². The summed E-state index contributed by atoms with van der Waals surface area (Å²) in [6.07, 6.45) is 0. The van der Waals surface area contributed by atoms with Crippen LogP contribution in [0.4, 0.5) is 5.69 Å². The molecular formula is C19H17NO5. The summed E-state index contributed by atoms with van der Waals surface area (Å²) < 4.78 is 9.65. The number of esters is 2. The van der Waals surface area contributed by atoms with E-state index in [1.807, 2.05) is 60.7 Å². The fourth-order valence-corrected chi connectivity index (χ4v) is 2.71. The van der Waals surface area contributed by atoms with Crippen LogP contribution in [-0.2, 0) is 23.9 Å². The van der Waals surface area contributed by atoms with E-state index in [9.17, 15) is 9.59 Å². The third-order valence-electron chi connectivity index (χ3n) is 3.84. The Hall–Kier alpha value is -3.28. The Morgan fingerprint density at radius 2 is 1.44 bits per heavy atom. The van der Waals surface area contributed by atoms with Crippen molar-refractivity contribution in [2.45, 2.75) is 6.04 Å². The highest BCUT2D eigenvalue weighted by atomic mass is 16.7. The van der Waals surface area contributed by atoms with Gasteiger partial charge in [0.15, 0.2) is 0 Å². The summed E-state index contributed by atoms with van der Waals surface area (Å²) in [5.74, 6) is -1.56. The average molecular weight is 339 g/mol. The lowest BCUT2D eigenvalue weighted by atomic mass is 9.97. The maximum atomic E-state index is 12.4. The molecule has 0 aromatic heterocycles. The second kappa shape index (κ2) is 7.09. The highest BCUT2D eigenvalue weighted by Gasteiger charge is 2.44.